The Morgan fingerprint density at radius 2 is 1.81 bits per heavy atom. The van der Waals surface area contributed by atoms with E-state index < -0.39 is 0 Å². The Labute approximate surface area is 239 Å². The van der Waals surface area contributed by atoms with Crippen molar-refractivity contribution in [2.24, 2.45) is 0 Å². The van der Waals surface area contributed by atoms with Gasteiger partial charge in [0.15, 0.2) is 0 Å². The number of rotatable bonds is 9. The lowest BCUT2D eigenvalue weighted by Gasteiger charge is -2.22. The van der Waals surface area contributed by atoms with Crippen molar-refractivity contribution in [2.75, 3.05) is 18.0 Å². The van der Waals surface area contributed by atoms with E-state index in [9.17, 15) is 9.59 Å². The molecule has 3 aromatic rings. The fraction of sp³-hybridized carbons (Fsp3) is 0.214. The van der Waals surface area contributed by atoms with Crippen molar-refractivity contribution in [3.63, 3.8) is 0 Å². The molecule has 0 unspecified atom stereocenters. The number of amides is 2. The van der Waals surface area contributed by atoms with Crippen LogP contribution in [-0.2, 0) is 17.9 Å². The minimum absolute atomic E-state index is 0.209. The number of carbonyl (C=O) groups excluding carboxylic acids is 2. The molecule has 0 atom stereocenters. The summed E-state index contributed by atoms with van der Waals surface area (Å²) in [6.07, 6.45) is 1.72. The molecule has 2 amide bonds. The largest absolute Gasteiger partial charge is 0.488 e. The van der Waals surface area contributed by atoms with Gasteiger partial charge in [0.05, 0.1) is 11.4 Å². The number of hydrogen-bond donors (Lipinski definition) is 0. The summed E-state index contributed by atoms with van der Waals surface area (Å²) in [5.41, 5.74) is 3.36. The summed E-state index contributed by atoms with van der Waals surface area (Å²) in [5.74, 6) is 0.267. The van der Waals surface area contributed by atoms with E-state index in [1.807, 2.05) is 48.5 Å². The molecule has 4 rings (SSSR count). The van der Waals surface area contributed by atoms with E-state index in [1.54, 1.807) is 18.2 Å². The van der Waals surface area contributed by atoms with Crippen molar-refractivity contribution in [3.05, 3.63) is 96.8 Å². The Morgan fingerprint density at radius 3 is 2.51 bits per heavy atom. The number of nitrogens with zero attached hydrogens (tertiary/aromatic N) is 2. The standard InChI is InChI=1S/C28H25BrCl2N2O3S/c1-3-32(4-2)23-11-9-19(25(15-23)36-17-20-8-10-22(30)14-24(20)31)13-26-27(34)33(28(35)37-26)16-18-6-5-7-21(29)12-18/h5-15H,3-4,16-17H2,1-2H3/b26-13+. The van der Waals surface area contributed by atoms with Gasteiger partial charge in [-0.1, -0.05) is 57.3 Å². The monoisotopic (exact) mass is 618 g/mol. The SMILES string of the molecule is CCN(CC)c1ccc(/C=C2/SC(=O)N(Cc3cccc(Br)c3)C2=O)c(OCc2ccc(Cl)cc2Cl)c1. The first-order chi connectivity index (χ1) is 17.8. The third kappa shape index (κ3) is 6.71. The maximum Gasteiger partial charge on any atom is 0.293 e. The Bertz CT molecular complexity index is 1360. The van der Waals surface area contributed by atoms with Gasteiger partial charge in [-0.15, -0.1) is 0 Å². The first-order valence-electron chi connectivity index (χ1n) is 11.7. The van der Waals surface area contributed by atoms with Gasteiger partial charge in [-0.05, 0) is 73.6 Å². The smallest absolute Gasteiger partial charge is 0.293 e. The topological polar surface area (TPSA) is 49.9 Å². The summed E-state index contributed by atoms with van der Waals surface area (Å²) in [7, 11) is 0. The number of halogens is 3. The second-order valence-corrected chi connectivity index (χ2v) is 11.1. The van der Waals surface area contributed by atoms with Gasteiger partial charge in [-0.2, -0.15) is 0 Å². The summed E-state index contributed by atoms with van der Waals surface area (Å²) in [4.78, 5) is 29.7. The van der Waals surface area contributed by atoms with Crippen LogP contribution in [0.15, 0.2) is 70.0 Å². The van der Waals surface area contributed by atoms with Gasteiger partial charge in [0.1, 0.15) is 12.4 Å². The number of benzene rings is 3. The van der Waals surface area contributed by atoms with Crippen molar-refractivity contribution in [1.29, 1.82) is 0 Å². The van der Waals surface area contributed by atoms with E-state index in [4.69, 9.17) is 27.9 Å². The van der Waals surface area contributed by atoms with Gasteiger partial charge in [0.2, 0.25) is 0 Å². The van der Waals surface area contributed by atoms with Crippen LogP contribution in [-0.4, -0.2) is 29.1 Å². The van der Waals surface area contributed by atoms with Crippen LogP contribution in [0.2, 0.25) is 10.0 Å². The molecule has 0 spiro atoms. The van der Waals surface area contributed by atoms with E-state index in [2.05, 4.69) is 34.7 Å². The van der Waals surface area contributed by atoms with Gasteiger partial charge in [0, 0.05) is 50.5 Å². The first kappa shape index (κ1) is 27.6. The highest BCUT2D eigenvalue weighted by atomic mass is 79.9. The lowest BCUT2D eigenvalue weighted by atomic mass is 10.1. The van der Waals surface area contributed by atoms with Gasteiger partial charge >= 0.3 is 0 Å². The van der Waals surface area contributed by atoms with Crippen molar-refractivity contribution < 1.29 is 14.3 Å². The Kier molecular flexibility index (Phi) is 9.24. The average Bonchev–Trinajstić information content (AvgIpc) is 3.12. The van der Waals surface area contributed by atoms with E-state index >= 15 is 0 Å². The van der Waals surface area contributed by atoms with Crippen molar-refractivity contribution in [3.8, 4) is 5.75 Å². The average molecular weight is 620 g/mol. The molecule has 0 radical (unpaired) electrons. The Hall–Kier alpha value is -2.45. The number of ether oxygens (including phenoxy) is 1. The highest BCUT2D eigenvalue weighted by molar-refractivity contribution is 9.10. The molecule has 1 saturated heterocycles. The summed E-state index contributed by atoms with van der Waals surface area (Å²) < 4.78 is 7.10. The third-order valence-corrected chi connectivity index (χ3v) is 7.90. The second-order valence-electron chi connectivity index (χ2n) is 8.32. The van der Waals surface area contributed by atoms with E-state index in [0.29, 0.717) is 26.3 Å². The lowest BCUT2D eigenvalue weighted by Crippen LogP contribution is -2.27. The van der Waals surface area contributed by atoms with Crippen LogP contribution < -0.4 is 9.64 Å². The lowest BCUT2D eigenvalue weighted by molar-refractivity contribution is -0.123. The molecular weight excluding hydrogens is 595 g/mol. The number of hydrogen-bond acceptors (Lipinski definition) is 5. The molecule has 0 aliphatic carbocycles. The molecule has 0 aromatic heterocycles. The Balaban J connectivity index is 1.63. The molecule has 1 heterocycles. The molecule has 192 valence electrons. The van der Waals surface area contributed by atoms with Crippen molar-refractivity contribution in [1.82, 2.24) is 4.90 Å². The molecule has 0 bridgehead atoms. The summed E-state index contributed by atoms with van der Waals surface area (Å²) >= 11 is 16.7. The summed E-state index contributed by atoms with van der Waals surface area (Å²) in [5, 5.41) is 0.769. The van der Waals surface area contributed by atoms with Crippen LogP contribution >= 0.6 is 50.9 Å². The van der Waals surface area contributed by atoms with Gasteiger partial charge < -0.3 is 9.64 Å². The first-order valence-corrected chi connectivity index (χ1v) is 14.1. The summed E-state index contributed by atoms with van der Waals surface area (Å²) in [6.45, 7) is 6.29. The predicted molar refractivity (Wildman–Crippen MR) is 156 cm³/mol. The maximum absolute atomic E-state index is 13.2. The number of imide groups is 1. The zero-order chi connectivity index (χ0) is 26.5. The zero-order valence-corrected chi connectivity index (χ0v) is 24.3. The molecule has 5 nitrogen and oxygen atoms in total. The highest BCUT2D eigenvalue weighted by Crippen LogP contribution is 2.36. The van der Waals surface area contributed by atoms with Gasteiger partial charge in [-0.25, -0.2) is 0 Å². The minimum atomic E-state index is -0.325. The van der Waals surface area contributed by atoms with E-state index in [-0.39, 0.29) is 24.3 Å². The number of anilines is 1. The van der Waals surface area contributed by atoms with E-state index in [0.717, 1.165) is 46.1 Å². The van der Waals surface area contributed by atoms with Gasteiger partial charge in [-0.3, -0.25) is 14.5 Å². The second kappa shape index (κ2) is 12.4. The zero-order valence-electron chi connectivity index (χ0n) is 20.3. The normalized spacial score (nSPS) is 14.5. The van der Waals surface area contributed by atoms with Gasteiger partial charge in [0.25, 0.3) is 11.1 Å². The molecule has 37 heavy (non-hydrogen) atoms. The fourth-order valence-corrected chi connectivity index (χ4v) is 5.68. The van der Waals surface area contributed by atoms with Crippen LogP contribution in [0, 0.1) is 0 Å². The summed E-state index contributed by atoms with van der Waals surface area (Å²) in [6, 6.07) is 18.7. The van der Waals surface area contributed by atoms with Crippen LogP contribution in [0.5, 0.6) is 5.75 Å². The maximum atomic E-state index is 13.2. The fourth-order valence-electron chi connectivity index (χ4n) is 3.94. The van der Waals surface area contributed by atoms with Crippen molar-refractivity contribution >= 4 is 73.8 Å². The molecule has 9 heteroatoms. The number of thioether (sulfide) groups is 1. The highest BCUT2D eigenvalue weighted by Gasteiger charge is 2.35. The van der Waals surface area contributed by atoms with E-state index in [1.165, 1.54) is 4.90 Å². The quantitative estimate of drug-likeness (QED) is 0.225. The van der Waals surface area contributed by atoms with Crippen molar-refractivity contribution in [2.45, 2.75) is 27.0 Å². The third-order valence-electron chi connectivity index (χ3n) is 5.91. The molecule has 0 saturated carbocycles. The molecule has 1 aliphatic rings. The van der Waals surface area contributed by atoms with Crippen LogP contribution in [0.25, 0.3) is 6.08 Å². The molecule has 3 aromatic carbocycles. The number of carbonyl (C=O) groups is 2. The molecule has 1 fully saturated rings. The minimum Gasteiger partial charge on any atom is -0.488 e. The molecular formula is C28H25BrCl2N2O3S. The molecule has 1 aliphatic heterocycles. The Morgan fingerprint density at radius 1 is 1.03 bits per heavy atom. The van der Waals surface area contributed by atoms with Crippen LogP contribution in [0.3, 0.4) is 0 Å². The van der Waals surface area contributed by atoms with Crippen LogP contribution in [0.1, 0.15) is 30.5 Å². The molecule has 0 N–H and O–H groups in total. The predicted octanol–water partition coefficient (Wildman–Crippen LogP) is 8.42. The van der Waals surface area contributed by atoms with Crippen LogP contribution in [0.4, 0.5) is 10.5 Å².